The van der Waals surface area contributed by atoms with Crippen molar-refractivity contribution in [3.05, 3.63) is 34.1 Å². The van der Waals surface area contributed by atoms with E-state index < -0.39 is 19.8 Å². The van der Waals surface area contributed by atoms with E-state index in [1.54, 1.807) is 0 Å². The fourth-order valence-electron chi connectivity index (χ4n) is 1.83. The lowest BCUT2D eigenvalue weighted by atomic mass is 10.1. The summed E-state index contributed by atoms with van der Waals surface area (Å²) in [5.74, 6) is -1.66. The third-order valence-corrected chi connectivity index (χ3v) is 3.98. The molecule has 0 aromatic heterocycles. The zero-order valence-corrected chi connectivity index (χ0v) is 12.9. The van der Waals surface area contributed by atoms with E-state index in [1.165, 1.54) is 0 Å². The quantitative estimate of drug-likeness (QED) is 0.412. The molecular formula is C12H15ClFNO5S. The Hall–Kier alpha value is -1.41. The van der Waals surface area contributed by atoms with Crippen LogP contribution in [0.25, 0.3) is 0 Å². The van der Waals surface area contributed by atoms with E-state index >= 15 is 0 Å². The van der Waals surface area contributed by atoms with Gasteiger partial charge in [-0.15, -0.1) is 0 Å². The zero-order chi connectivity index (χ0) is 16.0. The summed E-state index contributed by atoms with van der Waals surface area (Å²) in [6, 6.07) is 3.01. The first-order valence-corrected chi connectivity index (χ1v) is 8.70. The highest BCUT2D eigenvalue weighted by Gasteiger charge is 2.19. The van der Waals surface area contributed by atoms with E-state index in [-0.39, 0.29) is 29.7 Å². The van der Waals surface area contributed by atoms with Crippen molar-refractivity contribution in [1.82, 2.24) is 0 Å². The van der Waals surface area contributed by atoms with Crippen molar-refractivity contribution >= 4 is 25.4 Å². The van der Waals surface area contributed by atoms with Crippen LogP contribution in [0.15, 0.2) is 18.2 Å². The summed E-state index contributed by atoms with van der Waals surface area (Å²) in [5, 5.41) is 10.5. The lowest BCUT2D eigenvalue weighted by Crippen LogP contribution is -2.20. The van der Waals surface area contributed by atoms with Gasteiger partial charge in [0.2, 0.25) is 9.05 Å². The summed E-state index contributed by atoms with van der Waals surface area (Å²) in [6.45, 7) is 1.84. The van der Waals surface area contributed by atoms with E-state index in [9.17, 15) is 22.9 Å². The number of halogens is 2. The van der Waals surface area contributed by atoms with E-state index in [1.807, 2.05) is 6.92 Å². The Morgan fingerprint density at radius 3 is 2.62 bits per heavy atom. The average molecular weight is 340 g/mol. The molecule has 0 amide bonds. The minimum absolute atomic E-state index is 0.0332. The van der Waals surface area contributed by atoms with Gasteiger partial charge in [0.25, 0.3) is 5.69 Å². The van der Waals surface area contributed by atoms with Crippen molar-refractivity contribution in [2.75, 3.05) is 12.4 Å². The second-order valence-electron chi connectivity index (χ2n) is 4.54. The first kappa shape index (κ1) is 17.6. The van der Waals surface area contributed by atoms with E-state index in [4.69, 9.17) is 15.4 Å². The summed E-state index contributed by atoms with van der Waals surface area (Å²) in [4.78, 5) is 9.77. The first-order valence-electron chi connectivity index (χ1n) is 6.22. The van der Waals surface area contributed by atoms with Gasteiger partial charge in [-0.1, -0.05) is 13.3 Å². The number of non-ortho nitro benzene ring substituents is 1. The van der Waals surface area contributed by atoms with Crippen LogP contribution in [-0.4, -0.2) is 25.7 Å². The summed E-state index contributed by atoms with van der Waals surface area (Å²) < 4.78 is 41.0. The molecule has 0 aliphatic rings. The Kier molecular flexibility index (Phi) is 6.35. The molecular weight excluding hydrogens is 325 g/mol. The van der Waals surface area contributed by atoms with Crippen molar-refractivity contribution in [2.45, 2.75) is 19.8 Å². The number of hydrogen-bond donors (Lipinski definition) is 0. The molecule has 0 fully saturated rings. The van der Waals surface area contributed by atoms with Crippen LogP contribution >= 0.6 is 10.7 Å². The molecule has 0 bridgehead atoms. The van der Waals surface area contributed by atoms with Gasteiger partial charge in [-0.3, -0.25) is 10.1 Å². The Morgan fingerprint density at radius 2 is 2.14 bits per heavy atom. The lowest BCUT2D eigenvalue weighted by molar-refractivity contribution is -0.385. The van der Waals surface area contributed by atoms with Crippen molar-refractivity contribution in [1.29, 1.82) is 0 Å². The Bertz CT molecular complexity index is 608. The Balaban J connectivity index is 2.73. The largest absolute Gasteiger partial charge is 0.490 e. The topological polar surface area (TPSA) is 86.5 Å². The molecule has 1 unspecified atom stereocenters. The minimum atomic E-state index is -3.67. The number of ether oxygens (including phenoxy) is 1. The molecule has 21 heavy (non-hydrogen) atoms. The molecule has 0 aliphatic carbocycles. The molecule has 1 atom stereocenters. The molecule has 0 radical (unpaired) electrons. The number of nitro benzene ring substituents is 1. The molecule has 118 valence electrons. The standard InChI is InChI=1S/C12H15ClFNO5S/c1-2-3-9(8-21(13,18)19)7-20-12-5-4-10(15(16)17)6-11(12)14/h4-6,9H,2-3,7-8H2,1H3. The summed E-state index contributed by atoms with van der Waals surface area (Å²) in [5.41, 5.74) is -0.381. The van der Waals surface area contributed by atoms with Gasteiger partial charge in [-0.05, 0) is 12.5 Å². The monoisotopic (exact) mass is 339 g/mol. The molecule has 0 N–H and O–H groups in total. The third-order valence-electron chi connectivity index (χ3n) is 2.73. The SMILES string of the molecule is CCCC(COc1ccc([N+](=O)[O-])cc1F)CS(=O)(=O)Cl. The van der Waals surface area contributed by atoms with Crippen LogP contribution < -0.4 is 4.74 Å². The van der Waals surface area contributed by atoms with Gasteiger partial charge in [0.05, 0.1) is 23.3 Å². The number of hydrogen-bond acceptors (Lipinski definition) is 5. The van der Waals surface area contributed by atoms with Crippen LogP contribution in [0.2, 0.25) is 0 Å². The van der Waals surface area contributed by atoms with Crippen LogP contribution in [0.1, 0.15) is 19.8 Å². The van der Waals surface area contributed by atoms with Crippen molar-refractivity contribution in [2.24, 2.45) is 5.92 Å². The molecule has 6 nitrogen and oxygen atoms in total. The van der Waals surface area contributed by atoms with Crippen molar-refractivity contribution < 1.29 is 22.5 Å². The second kappa shape index (κ2) is 7.56. The van der Waals surface area contributed by atoms with E-state index in [2.05, 4.69) is 0 Å². The van der Waals surface area contributed by atoms with Gasteiger partial charge >= 0.3 is 0 Å². The highest BCUT2D eigenvalue weighted by molar-refractivity contribution is 8.13. The van der Waals surface area contributed by atoms with Gasteiger partial charge in [0.1, 0.15) is 0 Å². The number of nitrogens with zero attached hydrogens (tertiary/aromatic N) is 1. The lowest BCUT2D eigenvalue weighted by Gasteiger charge is -2.15. The molecule has 1 aromatic carbocycles. The number of benzene rings is 1. The van der Waals surface area contributed by atoms with Gasteiger partial charge in [-0.25, -0.2) is 12.8 Å². The predicted molar refractivity (Wildman–Crippen MR) is 76.6 cm³/mol. The Morgan fingerprint density at radius 1 is 1.48 bits per heavy atom. The summed E-state index contributed by atoms with van der Waals surface area (Å²) in [6.07, 6.45) is 1.28. The summed E-state index contributed by atoms with van der Waals surface area (Å²) in [7, 11) is 1.53. The molecule has 0 saturated heterocycles. The summed E-state index contributed by atoms with van der Waals surface area (Å²) >= 11 is 0. The third kappa shape index (κ3) is 6.26. The van der Waals surface area contributed by atoms with Crippen LogP contribution in [0.3, 0.4) is 0 Å². The predicted octanol–water partition coefficient (Wildman–Crippen LogP) is 3.10. The minimum Gasteiger partial charge on any atom is -0.490 e. The maximum atomic E-state index is 13.6. The normalized spacial score (nSPS) is 12.9. The van der Waals surface area contributed by atoms with Crippen LogP contribution in [0, 0.1) is 21.8 Å². The Labute approximate surface area is 126 Å². The van der Waals surface area contributed by atoms with Gasteiger partial charge < -0.3 is 4.74 Å². The van der Waals surface area contributed by atoms with Gasteiger partial charge in [0.15, 0.2) is 11.6 Å². The van der Waals surface area contributed by atoms with Crippen LogP contribution in [-0.2, 0) is 9.05 Å². The molecule has 0 spiro atoms. The smallest absolute Gasteiger partial charge is 0.272 e. The molecule has 0 saturated carbocycles. The molecule has 9 heteroatoms. The van der Waals surface area contributed by atoms with Crippen LogP contribution in [0.5, 0.6) is 5.75 Å². The van der Waals surface area contributed by atoms with Crippen molar-refractivity contribution in [3.63, 3.8) is 0 Å². The zero-order valence-electron chi connectivity index (χ0n) is 11.3. The fourth-order valence-corrected chi connectivity index (χ4v) is 3.19. The molecule has 0 heterocycles. The van der Waals surface area contributed by atoms with Gasteiger partial charge in [0, 0.05) is 22.7 Å². The maximum absolute atomic E-state index is 13.6. The average Bonchev–Trinajstić information content (AvgIpc) is 2.35. The second-order valence-corrected chi connectivity index (χ2v) is 7.36. The maximum Gasteiger partial charge on any atom is 0.272 e. The number of rotatable bonds is 8. The first-order chi connectivity index (χ1) is 9.73. The van der Waals surface area contributed by atoms with Crippen molar-refractivity contribution in [3.8, 4) is 5.75 Å². The van der Waals surface area contributed by atoms with E-state index in [0.717, 1.165) is 24.6 Å². The highest BCUT2D eigenvalue weighted by atomic mass is 35.7. The fraction of sp³-hybridized carbons (Fsp3) is 0.500. The van der Waals surface area contributed by atoms with Crippen LogP contribution in [0.4, 0.5) is 10.1 Å². The highest BCUT2D eigenvalue weighted by Crippen LogP contribution is 2.23. The number of nitro groups is 1. The molecule has 1 rings (SSSR count). The molecule has 1 aromatic rings. The van der Waals surface area contributed by atoms with E-state index in [0.29, 0.717) is 6.42 Å². The van der Waals surface area contributed by atoms with Gasteiger partial charge in [-0.2, -0.15) is 0 Å². The molecule has 0 aliphatic heterocycles.